The largest absolute Gasteiger partial charge is 0.271 e. The molecule has 0 bridgehead atoms. The molecule has 0 fully saturated rings. The standard InChI is InChI=1S/C15H16BrIN2/c1-9-4-3-5-12(10(9)2)15(19-18)13-8-11(16)6-7-14(13)17/h3-8,15,19H,18H2,1-2H3. The summed E-state index contributed by atoms with van der Waals surface area (Å²) in [4.78, 5) is 0. The highest BCUT2D eigenvalue weighted by Crippen LogP contribution is 2.30. The predicted octanol–water partition coefficient (Wildman–Crippen LogP) is 4.22. The number of hydrogen-bond acceptors (Lipinski definition) is 2. The lowest BCUT2D eigenvalue weighted by Crippen LogP contribution is -2.30. The zero-order valence-corrected chi connectivity index (χ0v) is 14.6. The maximum absolute atomic E-state index is 5.81. The summed E-state index contributed by atoms with van der Waals surface area (Å²) in [6.07, 6.45) is 0. The maximum atomic E-state index is 5.81. The molecule has 0 amide bonds. The molecule has 3 N–H and O–H groups in total. The Morgan fingerprint density at radius 1 is 1.16 bits per heavy atom. The third-order valence-electron chi connectivity index (χ3n) is 3.39. The van der Waals surface area contributed by atoms with Crippen molar-refractivity contribution in [1.82, 2.24) is 5.43 Å². The molecule has 1 unspecified atom stereocenters. The van der Waals surface area contributed by atoms with Crippen molar-refractivity contribution in [2.75, 3.05) is 0 Å². The summed E-state index contributed by atoms with van der Waals surface area (Å²) >= 11 is 5.87. The van der Waals surface area contributed by atoms with E-state index in [9.17, 15) is 0 Å². The Balaban J connectivity index is 2.56. The lowest BCUT2D eigenvalue weighted by molar-refractivity contribution is 0.630. The van der Waals surface area contributed by atoms with Crippen molar-refractivity contribution < 1.29 is 0 Å². The molecule has 2 nitrogen and oxygen atoms in total. The average molecular weight is 431 g/mol. The first-order valence-corrected chi connectivity index (χ1v) is 7.89. The van der Waals surface area contributed by atoms with Crippen LogP contribution in [-0.4, -0.2) is 0 Å². The molecule has 0 aliphatic heterocycles. The van der Waals surface area contributed by atoms with E-state index in [0.29, 0.717) is 0 Å². The van der Waals surface area contributed by atoms with Gasteiger partial charge in [0.15, 0.2) is 0 Å². The number of aryl methyl sites for hydroxylation is 1. The highest BCUT2D eigenvalue weighted by atomic mass is 127. The summed E-state index contributed by atoms with van der Waals surface area (Å²) in [6, 6.07) is 12.6. The number of hydrazine groups is 1. The van der Waals surface area contributed by atoms with Crippen LogP contribution in [0.15, 0.2) is 40.9 Å². The van der Waals surface area contributed by atoms with Crippen LogP contribution in [0.25, 0.3) is 0 Å². The summed E-state index contributed by atoms with van der Waals surface area (Å²) in [5.41, 5.74) is 7.91. The Labute approximate surface area is 136 Å². The quantitative estimate of drug-likeness (QED) is 0.434. The van der Waals surface area contributed by atoms with Crippen molar-refractivity contribution in [1.29, 1.82) is 0 Å². The summed E-state index contributed by atoms with van der Waals surface area (Å²) in [5.74, 6) is 5.81. The Morgan fingerprint density at radius 2 is 1.89 bits per heavy atom. The molecule has 0 spiro atoms. The van der Waals surface area contributed by atoms with Crippen molar-refractivity contribution in [2.24, 2.45) is 5.84 Å². The van der Waals surface area contributed by atoms with Gasteiger partial charge in [-0.25, -0.2) is 5.43 Å². The smallest absolute Gasteiger partial charge is 0.0723 e. The van der Waals surface area contributed by atoms with E-state index in [-0.39, 0.29) is 6.04 Å². The molecule has 1 atom stereocenters. The van der Waals surface area contributed by atoms with E-state index in [4.69, 9.17) is 5.84 Å². The Bertz CT molecular complexity index is 597. The second-order valence-electron chi connectivity index (χ2n) is 4.55. The van der Waals surface area contributed by atoms with Gasteiger partial charge in [0.2, 0.25) is 0 Å². The molecule has 0 radical (unpaired) electrons. The number of hydrogen-bond donors (Lipinski definition) is 2. The topological polar surface area (TPSA) is 38.0 Å². The zero-order valence-electron chi connectivity index (χ0n) is 10.9. The minimum atomic E-state index is 0.00398. The van der Waals surface area contributed by atoms with Crippen LogP contribution in [0.5, 0.6) is 0 Å². The first-order chi connectivity index (χ1) is 9.04. The fraction of sp³-hybridized carbons (Fsp3) is 0.200. The predicted molar refractivity (Wildman–Crippen MR) is 91.9 cm³/mol. The van der Waals surface area contributed by atoms with Gasteiger partial charge in [-0.15, -0.1) is 0 Å². The van der Waals surface area contributed by atoms with Gasteiger partial charge in [0.05, 0.1) is 6.04 Å². The van der Waals surface area contributed by atoms with Gasteiger partial charge >= 0.3 is 0 Å². The van der Waals surface area contributed by atoms with E-state index in [0.717, 1.165) is 4.47 Å². The Kier molecular flexibility index (Phi) is 5.00. The first kappa shape index (κ1) is 15.0. The highest BCUT2D eigenvalue weighted by molar-refractivity contribution is 14.1. The van der Waals surface area contributed by atoms with Gasteiger partial charge in [-0.2, -0.15) is 0 Å². The molecule has 0 aliphatic carbocycles. The van der Waals surface area contributed by atoms with Crippen molar-refractivity contribution in [2.45, 2.75) is 19.9 Å². The van der Waals surface area contributed by atoms with Gasteiger partial charge in [0, 0.05) is 8.04 Å². The lowest BCUT2D eigenvalue weighted by atomic mass is 9.93. The van der Waals surface area contributed by atoms with Crippen LogP contribution in [0.2, 0.25) is 0 Å². The third kappa shape index (κ3) is 3.18. The van der Waals surface area contributed by atoms with Crippen LogP contribution in [0, 0.1) is 17.4 Å². The van der Waals surface area contributed by atoms with Crippen molar-refractivity contribution >= 4 is 38.5 Å². The summed E-state index contributed by atoms with van der Waals surface area (Å²) in [6.45, 7) is 4.26. The molecule has 0 saturated carbocycles. The van der Waals surface area contributed by atoms with Gasteiger partial charge in [-0.05, 0) is 76.9 Å². The molecule has 4 heteroatoms. The van der Waals surface area contributed by atoms with Crippen LogP contribution in [0.4, 0.5) is 0 Å². The van der Waals surface area contributed by atoms with E-state index in [1.165, 1.54) is 25.8 Å². The van der Waals surface area contributed by atoms with Gasteiger partial charge in [0.1, 0.15) is 0 Å². The minimum Gasteiger partial charge on any atom is -0.271 e. The second-order valence-corrected chi connectivity index (χ2v) is 6.63. The molecule has 2 aromatic rings. The van der Waals surface area contributed by atoms with E-state index < -0.39 is 0 Å². The number of rotatable bonds is 3. The molecule has 100 valence electrons. The fourth-order valence-corrected chi connectivity index (χ4v) is 3.20. The number of nitrogens with one attached hydrogen (secondary N) is 1. The molecule has 0 heterocycles. The zero-order chi connectivity index (χ0) is 14.0. The maximum Gasteiger partial charge on any atom is 0.0723 e. The van der Waals surface area contributed by atoms with Crippen molar-refractivity contribution in [3.8, 4) is 0 Å². The van der Waals surface area contributed by atoms with Crippen LogP contribution in [-0.2, 0) is 0 Å². The number of benzene rings is 2. The highest BCUT2D eigenvalue weighted by Gasteiger charge is 2.18. The SMILES string of the molecule is Cc1cccc(C(NN)c2cc(Br)ccc2I)c1C. The lowest BCUT2D eigenvalue weighted by Gasteiger charge is -2.21. The fourth-order valence-electron chi connectivity index (χ4n) is 2.17. The second kappa shape index (κ2) is 6.35. The molecule has 19 heavy (non-hydrogen) atoms. The average Bonchev–Trinajstić information content (AvgIpc) is 2.39. The van der Waals surface area contributed by atoms with Gasteiger partial charge in [0.25, 0.3) is 0 Å². The van der Waals surface area contributed by atoms with E-state index in [1.54, 1.807) is 0 Å². The minimum absolute atomic E-state index is 0.00398. The number of nitrogens with two attached hydrogens (primary N) is 1. The van der Waals surface area contributed by atoms with Crippen LogP contribution < -0.4 is 11.3 Å². The van der Waals surface area contributed by atoms with Gasteiger partial charge in [-0.1, -0.05) is 34.1 Å². The van der Waals surface area contributed by atoms with Crippen LogP contribution in [0.1, 0.15) is 28.3 Å². The molecular weight excluding hydrogens is 415 g/mol. The van der Waals surface area contributed by atoms with Gasteiger partial charge in [-0.3, -0.25) is 5.84 Å². The number of halogens is 2. The van der Waals surface area contributed by atoms with E-state index in [2.05, 4.69) is 88.1 Å². The van der Waals surface area contributed by atoms with Crippen molar-refractivity contribution in [3.63, 3.8) is 0 Å². The Morgan fingerprint density at radius 3 is 2.58 bits per heavy atom. The molecule has 2 rings (SSSR count). The normalized spacial score (nSPS) is 12.5. The summed E-state index contributed by atoms with van der Waals surface area (Å²) < 4.78 is 2.26. The van der Waals surface area contributed by atoms with Crippen LogP contribution >= 0.6 is 38.5 Å². The van der Waals surface area contributed by atoms with E-state index >= 15 is 0 Å². The molecule has 2 aromatic carbocycles. The summed E-state index contributed by atoms with van der Waals surface area (Å²) in [5, 5.41) is 0. The molecule has 0 aromatic heterocycles. The third-order valence-corrected chi connectivity index (χ3v) is 4.87. The molecule has 0 saturated heterocycles. The first-order valence-electron chi connectivity index (χ1n) is 6.01. The monoisotopic (exact) mass is 430 g/mol. The van der Waals surface area contributed by atoms with Gasteiger partial charge < -0.3 is 0 Å². The summed E-state index contributed by atoms with van der Waals surface area (Å²) in [7, 11) is 0. The van der Waals surface area contributed by atoms with E-state index in [1.807, 2.05) is 6.07 Å². The molecular formula is C15H16BrIN2. The van der Waals surface area contributed by atoms with Crippen molar-refractivity contribution in [3.05, 3.63) is 66.7 Å². The van der Waals surface area contributed by atoms with Crippen LogP contribution in [0.3, 0.4) is 0 Å². The Hall–Kier alpha value is -0.430. The molecule has 0 aliphatic rings.